The third-order valence-electron chi connectivity index (χ3n) is 4.56. The summed E-state index contributed by atoms with van der Waals surface area (Å²) >= 11 is 0. The SMILES string of the molecule is CCCNC(CO)(COCC1CCCC1)C1CC1. The molecule has 0 aromatic heterocycles. The number of aliphatic hydroxyl groups is 1. The number of rotatable bonds is 9. The molecule has 0 spiro atoms. The molecule has 2 fully saturated rings. The largest absolute Gasteiger partial charge is 0.394 e. The summed E-state index contributed by atoms with van der Waals surface area (Å²) < 4.78 is 5.95. The van der Waals surface area contributed by atoms with Gasteiger partial charge in [-0.05, 0) is 50.5 Å². The molecule has 0 heterocycles. The normalized spacial score (nSPS) is 24.3. The van der Waals surface area contributed by atoms with Crippen molar-refractivity contribution in [2.24, 2.45) is 11.8 Å². The van der Waals surface area contributed by atoms with Crippen molar-refractivity contribution >= 4 is 0 Å². The van der Waals surface area contributed by atoms with Crippen molar-refractivity contribution in [3.63, 3.8) is 0 Å². The lowest BCUT2D eigenvalue weighted by Gasteiger charge is -2.33. The zero-order valence-electron chi connectivity index (χ0n) is 11.8. The number of ether oxygens (including phenoxy) is 1. The summed E-state index contributed by atoms with van der Waals surface area (Å²) in [6.45, 7) is 4.93. The van der Waals surface area contributed by atoms with Gasteiger partial charge in [0.1, 0.15) is 0 Å². The third-order valence-corrected chi connectivity index (χ3v) is 4.56. The summed E-state index contributed by atoms with van der Waals surface area (Å²) in [7, 11) is 0. The second kappa shape index (κ2) is 6.88. The van der Waals surface area contributed by atoms with Gasteiger partial charge in [-0.15, -0.1) is 0 Å². The van der Waals surface area contributed by atoms with Gasteiger partial charge in [-0.1, -0.05) is 19.8 Å². The van der Waals surface area contributed by atoms with E-state index in [1.165, 1.54) is 38.5 Å². The molecule has 1 unspecified atom stereocenters. The van der Waals surface area contributed by atoms with Crippen molar-refractivity contribution in [2.45, 2.75) is 57.4 Å². The van der Waals surface area contributed by atoms with E-state index in [1.54, 1.807) is 0 Å². The number of nitrogens with one attached hydrogen (secondary N) is 1. The molecule has 2 N–H and O–H groups in total. The average molecular weight is 255 g/mol. The van der Waals surface area contributed by atoms with Gasteiger partial charge in [-0.25, -0.2) is 0 Å². The lowest BCUT2D eigenvalue weighted by atomic mass is 9.95. The Morgan fingerprint density at radius 1 is 1.22 bits per heavy atom. The van der Waals surface area contributed by atoms with Crippen molar-refractivity contribution in [1.82, 2.24) is 5.32 Å². The van der Waals surface area contributed by atoms with Crippen molar-refractivity contribution < 1.29 is 9.84 Å². The zero-order valence-corrected chi connectivity index (χ0v) is 11.8. The van der Waals surface area contributed by atoms with Crippen LogP contribution >= 0.6 is 0 Å². The quantitative estimate of drug-likeness (QED) is 0.664. The first kappa shape index (κ1) is 14.3. The van der Waals surface area contributed by atoms with Crippen LogP contribution in [0.15, 0.2) is 0 Å². The maximum Gasteiger partial charge on any atom is 0.0679 e. The summed E-state index contributed by atoms with van der Waals surface area (Å²) in [6.07, 6.45) is 8.99. The molecular formula is C15H29NO2. The van der Waals surface area contributed by atoms with E-state index in [2.05, 4.69) is 12.2 Å². The van der Waals surface area contributed by atoms with Gasteiger partial charge in [0, 0.05) is 6.61 Å². The minimum absolute atomic E-state index is 0.158. The van der Waals surface area contributed by atoms with E-state index in [4.69, 9.17) is 4.74 Å². The molecule has 18 heavy (non-hydrogen) atoms. The molecular weight excluding hydrogens is 226 g/mol. The average Bonchev–Trinajstić information content (AvgIpc) is 3.12. The van der Waals surface area contributed by atoms with Gasteiger partial charge in [0.05, 0.1) is 18.8 Å². The maximum atomic E-state index is 9.76. The maximum absolute atomic E-state index is 9.76. The van der Waals surface area contributed by atoms with Crippen molar-refractivity contribution in [3.05, 3.63) is 0 Å². The van der Waals surface area contributed by atoms with E-state index in [1.807, 2.05) is 0 Å². The van der Waals surface area contributed by atoms with Crippen LogP contribution in [0.3, 0.4) is 0 Å². The zero-order chi connectivity index (χ0) is 12.8. The summed E-state index contributed by atoms with van der Waals surface area (Å²) in [5, 5.41) is 13.3. The van der Waals surface area contributed by atoms with Crippen LogP contribution in [0.4, 0.5) is 0 Å². The summed E-state index contributed by atoms with van der Waals surface area (Å²) in [6, 6.07) is 0. The highest BCUT2D eigenvalue weighted by atomic mass is 16.5. The first-order valence-corrected chi connectivity index (χ1v) is 7.74. The molecule has 0 saturated heterocycles. The van der Waals surface area contributed by atoms with Crippen LogP contribution < -0.4 is 5.32 Å². The Hall–Kier alpha value is -0.120. The van der Waals surface area contributed by atoms with E-state index >= 15 is 0 Å². The molecule has 0 radical (unpaired) electrons. The Labute approximate surface area is 111 Å². The van der Waals surface area contributed by atoms with Gasteiger partial charge >= 0.3 is 0 Å². The number of hydrogen-bond donors (Lipinski definition) is 2. The molecule has 3 nitrogen and oxygen atoms in total. The fourth-order valence-corrected chi connectivity index (χ4v) is 3.14. The fraction of sp³-hybridized carbons (Fsp3) is 1.00. The predicted molar refractivity (Wildman–Crippen MR) is 73.6 cm³/mol. The van der Waals surface area contributed by atoms with Gasteiger partial charge in [-0.2, -0.15) is 0 Å². The Morgan fingerprint density at radius 2 is 1.94 bits per heavy atom. The van der Waals surface area contributed by atoms with Crippen LogP contribution in [0.5, 0.6) is 0 Å². The Kier molecular flexibility index (Phi) is 5.46. The highest BCUT2D eigenvalue weighted by Gasteiger charge is 2.44. The van der Waals surface area contributed by atoms with E-state index < -0.39 is 0 Å². The highest BCUT2D eigenvalue weighted by molar-refractivity contribution is 5.01. The van der Waals surface area contributed by atoms with Gasteiger partial charge in [0.25, 0.3) is 0 Å². The van der Waals surface area contributed by atoms with Crippen LogP contribution in [0, 0.1) is 11.8 Å². The second-order valence-corrected chi connectivity index (χ2v) is 6.18. The smallest absolute Gasteiger partial charge is 0.0679 e. The molecule has 2 saturated carbocycles. The van der Waals surface area contributed by atoms with E-state index in [9.17, 15) is 5.11 Å². The van der Waals surface area contributed by atoms with E-state index in [-0.39, 0.29) is 12.1 Å². The molecule has 2 rings (SSSR count). The standard InChI is InChI=1S/C15H29NO2/c1-2-9-16-15(11-17,14-7-8-14)12-18-10-13-5-3-4-6-13/h13-14,16-17H,2-12H2,1H3. The number of hydrogen-bond acceptors (Lipinski definition) is 3. The molecule has 2 aliphatic carbocycles. The lowest BCUT2D eigenvalue weighted by Crippen LogP contribution is -2.54. The molecule has 0 amide bonds. The van der Waals surface area contributed by atoms with E-state index in [0.717, 1.165) is 25.5 Å². The highest BCUT2D eigenvalue weighted by Crippen LogP contribution is 2.40. The third kappa shape index (κ3) is 3.69. The van der Waals surface area contributed by atoms with Crippen molar-refractivity contribution in [2.75, 3.05) is 26.4 Å². The van der Waals surface area contributed by atoms with Crippen LogP contribution in [-0.2, 0) is 4.74 Å². The minimum atomic E-state index is -0.158. The Bertz CT molecular complexity index is 237. The molecule has 0 aromatic rings. The first-order valence-electron chi connectivity index (χ1n) is 7.74. The molecule has 2 aliphatic rings. The molecule has 0 bridgehead atoms. The molecule has 3 heteroatoms. The van der Waals surface area contributed by atoms with Crippen LogP contribution in [0.25, 0.3) is 0 Å². The van der Waals surface area contributed by atoms with Gasteiger partial charge in [0.15, 0.2) is 0 Å². The Balaban J connectivity index is 1.76. The first-order chi connectivity index (χ1) is 8.80. The van der Waals surface area contributed by atoms with Crippen LogP contribution in [-0.4, -0.2) is 37.0 Å². The van der Waals surface area contributed by atoms with Crippen molar-refractivity contribution in [1.29, 1.82) is 0 Å². The molecule has 0 aromatic carbocycles. The fourth-order valence-electron chi connectivity index (χ4n) is 3.14. The van der Waals surface area contributed by atoms with Gasteiger partial charge in [0.2, 0.25) is 0 Å². The topological polar surface area (TPSA) is 41.5 Å². The molecule has 1 atom stereocenters. The summed E-state index contributed by atoms with van der Waals surface area (Å²) in [5.74, 6) is 1.39. The van der Waals surface area contributed by atoms with Gasteiger partial charge < -0.3 is 15.2 Å². The minimum Gasteiger partial charge on any atom is -0.394 e. The monoisotopic (exact) mass is 255 g/mol. The molecule has 106 valence electrons. The van der Waals surface area contributed by atoms with Gasteiger partial charge in [-0.3, -0.25) is 0 Å². The van der Waals surface area contributed by atoms with Crippen LogP contribution in [0.1, 0.15) is 51.9 Å². The van der Waals surface area contributed by atoms with Crippen LogP contribution in [0.2, 0.25) is 0 Å². The Morgan fingerprint density at radius 3 is 2.50 bits per heavy atom. The van der Waals surface area contributed by atoms with E-state index in [0.29, 0.717) is 12.5 Å². The second-order valence-electron chi connectivity index (χ2n) is 6.18. The number of aliphatic hydroxyl groups excluding tert-OH is 1. The van der Waals surface area contributed by atoms with Crippen molar-refractivity contribution in [3.8, 4) is 0 Å². The summed E-state index contributed by atoms with van der Waals surface area (Å²) in [5.41, 5.74) is -0.158. The summed E-state index contributed by atoms with van der Waals surface area (Å²) in [4.78, 5) is 0. The predicted octanol–water partition coefficient (Wildman–Crippen LogP) is 2.33. The lowest BCUT2D eigenvalue weighted by molar-refractivity contribution is 0.0107. The molecule has 0 aliphatic heterocycles.